The molecule has 0 amide bonds. The Balaban J connectivity index is 2.27. The van der Waals surface area contributed by atoms with Gasteiger partial charge < -0.3 is 10.0 Å². The molecule has 0 bridgehead atoms. The molecule has 1 aromatic rings. The first-order valence-corrected chi connectivity index (χ1v) is 5.95. The van der Waals surface area contributed by atoms with Gasteiger partial charge in [-0.15, -0.1) is 0 Å². The molecule has 1 heterocycles. The maximum Gasteiger partial charge on any atom is 0.146 e. The lowest BCUT2D eigenvalue weighted by Gasteiger charge is -2.44. The second-order valence-corrected chi connectivity index (χ2v) is 4.73. The SMILES string of the molecule is CC1CN(c2ccccc2F)C(CO)CN1C. The predicted octanol–water partition coefficient (Wildman–Crippen LogP) is 1.33. The molecule has 1 saturated heterocycles. The van der Waals surface area contributed by atoms with Crippen LogP contribution in [0, 0.1) is 5.82 Å². The van der Waals surface area contributed by atoms with Crippen molar-refractivity contribution in [1.29, 1.82) is 0 Å². The van der Waals surface area contributed by atoms with Gasteiger partial charge in [0.1, 0.15) is 5.82 Å². The van der Waals surface area contributed by atoms with Gasteiger partial charge in [-0.05, 0) is 26.1 Å². The summed E-state index contributed by atoms with van der Waals surface area (Å²) < 4.78 is 13.8. The molecule has 1 aliphatic rings. The highest BCUT2D eigenvalue weighted by molar-refractivity contribution is 5.49. The van der Waals surface area contributed by atoms with E-state index in [2.05, 4.69) is 11.8 Å². The van der Waals surface area contributed by atoms with Gasteiger partial charge in [-0.25, -0.2) is 4.39 Å². The molecule has 2 unspecified atom stereocenters. The Morgan fingerprint density at radius 3 is 2.71 bits per heavy atom. The van der Waals surface area contributed by atoms with Crippen molar-refractivity contribution in [3.05, 3.63) is 30.1 Å². The number of likely N-dealkylation sites (N-methyl/N-ethyl adjacent to an activating group) is 1. The quantitative estimate of drug-likeness (QED) is 0.842. The highest BCUT2D eigenvalue weighted by atomic mass is 19.1. The van der Waals surface area contributed by atoms with Crippen molar-refractivity contribution in [2.45, 2.75) is 19.0 Å². The van der Waals surface area contributed by atoms with Crippen LogP contribution < -0.4 is 4.90 Å². The predicted molar refractivity (Wildman–Crippen MR) is 66.7 cm³/mol. The molecule has 1 aliphatic heterocycles. The molecular weight excluding hydrogens is 219 g/mol. The number of aliphatic hydroxyl groups is 1. The maximum atomic E-state index is 13.8. The number of anilines is 1. The standard InChI is InChI=1S/C13H19FN2O/c1-10-7-16(11(9-17)8-15(10)2)13-6-4-3-5-12(13)14/h3-6,10-11,17H,7-9H2,1-2H3. The Bertz CT molecular complexity index is 385. The zero-order valence-corrected chi connectivity index (χ0v) is 10.3. The van der Waals surface area contributed by atoms with Crippen LogP contribution in [0.3, 0.4) is 0 Å². The molecular formula is C13H19FN2O. The molecule has 3 nitrogen and oxygen atoms in total. The van der Waals surface area contributed by atoms with Crippen LogP contribution in [0.4, 0.5) is 10.1 Å². The van der Waals surface area contributed by atoms with Gasteiger partial charge in [-0.1, -0.05) is 12.1 Å². The fraction of sp³-hybridized carbons (Fsp3) is 0.538. The number of para-hydroxylation sites is 1. The van der Waals surface area contributed by atoms with E-state index in [1.165, 1.54) is 6.07 Å². The summed E-state index contributed by atoms with van der Waals surface area (Å²) in [5, 5.41) is 9.43. The number of benzene rings is 1. The highest BCUT2D eigenvalue weighted by Crippen LogP contribution is 2.25. The number of rotatable bonds is 2. The molecule has 1 aromatic carbocycles. The topological polar surface area (TPSA) is 26.7 Å². The monoisotopic (exact) mass is 238 g/mol. The fourth-order valence-electron chi connectivity index (χ4n) is 2.32. The van der Waals surface area contributed by atoms with E-state index in [1.54, 1.807) is 12.1 Å². The molecule has 2 rings (SSSR count). The van der Waals surface area contributed by atoms with Crippen molar-refractivity contribution in [3.63, 3.8) is 0 Å². The van der Waals surface area contributed by atoms with Crippen LogP contribution >= 0.6 is 0 Å². The zero-order valence-electron chi connectivity index (χ0n) is 10.3. The second kappa shape index (κ2) is 5.02. The minimum atomic E-state index is -0.220. The van der Waals surface area contributed by atoms with Crippen LogP contribution in [-0.4, -0.2) is 48.8 Å². The molecule has 1 fully saturated rings. The number of halogens is 1. The molecule has 1 N–H and O–H groups in total. The number of nitrogens with zero attached hydrogens (tertiary/aromatic N) is 2. The van der Waals surface area contributed by atoms with Crippen molar-refractivity contribution in [2.75, 3.05) is 31.6 Å². The fourth-order valence-corrected chi connectivity index (χ4v) is 2.32. The van der Waals surface area contributed by atoms with Crippen molar-refractivity contribution in [1.82, 2.24) is 4.90 Å². The largest absolute Gasteiger partial charge is 0.394 e. The summed E-state index contributed by atoms with van der Waals surface area (Å²) in [5.74, 6) is -0.220. The number of hydrogen-bond donors (Lipinski definition) is 1. The second-order valence-electron chi connectivity index (χ2n) is 4.73. The summed E-state index contributed by atoms with van der Waals surface area (Å²) in [6, 6.07) is 7.08. The van der Waals surface area contributed by atoms with Crippen LogP contribution in [0.5, 0.6) is 0 Å². The lowest BCUT2D eigenvalue weighted by molar-refractivity contribution is 0.154. The van der Waals surface area contributed by atoms with Gasteiger partial charge in [0, 0.05) is 19.1 Å². The van der Waals surface area contributed by atoms with E-state index >= 15 is 0 Å². The first kappa shape index (κ1) is 12.3. The summed E-state index contributed by atoms with van der Waals surface area (Å²) in [6.07, 6.45) is 0. The van der Waals surface area contributed by atoms with E-state index in [4.69, 9.17) is 0 Å². The smallest absolute Gasteiger partial charge is 0.146 e. The van der Waals surface area contributed by atoms with Gasteiger partial charge in [0.05, 0.1) is 18.3 Å². The summed E-state index contributed by atoms with van der Waals surface area (Å²) in [5.41, 5.74) is 0.589. The van der Waals surface area contributed by atoms with E-state index in [9.17, 15) is 9.50 Å². The van der Waals surface area contributed by atoms with Gasteiger partial charge in [0.15, 0.2) is 0 Å². The summed E-state index contributed by atoms with van der Waals surface area (Å²) in [6.45, 7) is 3.65. The molecule has 0 aliphatic carbocycles. The normalized spacial score (nSPS) is 26.2. The Kier molecular flexibility index (Phi) is 3.64. The average molecular weight is 238 g/mol. The lowest BCUT2D eigenvalue weighted by atomic mass is 10.1. The van der Waals surface area contributed by atoms with Crippen molar-refractivity contribution in [3.8, 4) is 0 Å². The van der Waals surface area contributed by atoms with Gasteiger partial charge >= 0.3 is 0 Å². The maximum absolute atomic E-state index is 13.8. The number of hydrogen-bond acceptors (Lipinski definition) is 3. The first-order chi connectivity index (χ1) is 8.13. The third-order valence-corrected chi connectivity index (χ3v) is 3.53. The zero-order chi connectivity index (χ0) is 12.4. The third kappa shape index (κ3) is 2.42. The molecule has 0 aromatic heterocycles. The summed E-state index contributed by atoms with van der Waals surface area (Å²) in [4.78, 5) is 4.16. The number of piperazine rings is 1. The summed E-state index contributed by atoms with van der Waals surface area (Å²) in [7, 11) is 2.03. The number of aliphatic hydroxyl groups excluding tert-OH is 1. The van der Waals surface area contributed by atoms with Crippen LogP contribution in [0.15, 0.2) is 24.3 Å². The Hall–Kier alpha value is -1.13. The molecule has 0 spiro atoms. The average Bonchev–Trinajstić information content (AvgIpc) is 2.33. The van der Waals surface area contributed by atoms with Gasteiger partial charge in [-0.3, -0.25) is 4.90 Å². The molecule has 0 saturated carbocycles. The van der Waals surface area contributed by atoms with E-state index in [0.29, 0.717) is 11.7 Å². The van der Waals surface area contributed by atoms with Crippen molar-refractivity contribution >= 4 is 5.69 Å². The molecule has 4 heteroatoms. The van der Waals surface area contributed by atoms with E-state index in [-0.39, 0.29) is 18.5 Å². The van der Waals surface area contributed by atoms with E-state index in [0.717, 1.165) is 13.1 Å². The van der Waals surface area contributed by atoms with Crippen molar-refractivity contribution < 1.29 is 9.50 Å². The minimum Gasteiger partial charge on any atom is -0.394 e. The van der Waals surface area contributed by atoms with Crippen LogP contribution in [0.2, 0.25) is 0 Å². The Labute approximate surface area is 101 Å². The van der Waals surface area contributed by atoms with Gasteiger partial charge in [0.2, 0.25) is 0 Å². The molecule has 17 heavy (non-hydrogen) atoms. The Morgan fingerprint density at radius 1 is 1.35 bits per heavy atom. The van der Waals surface area contributed by atoms with Crippen LogP contribution in [-0.2, 0) is 0 Å². The van der Waals surface area contributed by atoms with Gasteiger partial charge in [-0.2, -0.15) is 0 Å². The molecule has 2 atom stereocenters. The van der Waals surface area contributed by atoms with Gasteiger partial charge in [0.25, 0.3) is 0 Å². The Morgan fingerprint density at radius 2 is 2.06 bits per heavy atom. The van der Waals surface area contributed by atoms with Crippen LogP contribution in [0.25, 0.3) is 0 Å². The third-order valence-electron chi connectivity index (χ3n) is 3.53. The van der Waals surface area contributed by atoms with Crippen molar-refractivity contribution in [2.24, 2.45) is 0 Å². The highest BCUT2D eigenvalue weighted by Gasteiger charge is 2.30. The summed E-state index contributed by atoms with van der Waals surface area (Å²) >= 11 is 0. The van der Waals surface area contributed by atoms with E-state index < -0.39 is 0 Å². The van der Waals surface area contributed by atoms with Crippen LogP contribution in [0.1, 0.15) is 6.92 Å². The minimum absolute atomic E-state index is 0.0342. The lowest BCUT2D eigenvalue weighted by Crippen LogP contribution is -2.57. The first-order valence-electron chi connectivity index (χ1n) is 5.95. The molecule has 94 valence electrons. The molecule has 0 radical (unpaired) electrons. The van der Waals surface area contributed by atoms with E-state index in [1.807, 2.05) is 18.0 Å².